The van der Waals surface area contributed by atoms with Gasteiger partial charge in [0.05, 0.1) is 18.2 Å². The third-order valence-electron chi connectivity index (χ3n) is 4.73. The smallest absolute Gasteiger partial charge is 0.321 e. The summed E-state index contributed by atoms with van der Waals surface area (Å²) in [6.07, 6.45) is 3.13. The monoisotopic (exact) mass is 391 g/mol. The topological polar surface area (TPSA) is 99.2 Å². The molecule has 2 N–H and O–H groups in total. The zero-order chi connectivity index (χ0) is 20.7. The molecule has 2 rings (SSSR count). The van der Waals surface area contributed by atoms with E-state index in [1.165, 1.54) is 18.9 Å². The summed E-state index contributed by atoms with van der Waals surface area (Å²) in [6.45, 7) is 5.33. The van der Waals surface area contributed by atoms with Crippen molar-refractivity contribution < 1.29 is 24.2 Å². The van der Waals surface area contributed by atoms with E-state index in [-0.39, 0.29) is 12.5 Å². The largest absolute Gasteiger partial charge is 0.492 e. The second-order valence-electron chi connectivity index (χ2n) is 7.05. The van der Waals surface area contributed by atoms with Crippen LogP contribution in [-0.2, 0) is 4.79 Å². The average molecular weight is 391 g/mol. The SMILES string of the molecule is CCOc1ccc(C(=O)N2CCCCC2)cc1NC(=O)N(C)CC(C)C(=O)O. The number of carbonyl (C=O) groups excluding carboxylic acids is 2. The van der Waals surface area contributed by atoms with E-state index in [0.29, 0.717) is 23.6 Å². The summed E-state index contributed by atoms with van der Waals surface area (Å²) in [5.74, 6) is -1.25. The molecule has 1 unspecified atom stereocenters. The fourth-order valence-corrected chi connectivity index (χ4v) is 3.10. The molecule has 1 saturated heterocycles. The summed E-state index contributed by atoms with van der Waals surface area (Å²) in [5, 5.41) is 11.8. The van der Waals surface area contributed by atoms with Crippen molar-refractivity contribution in [3.05, 3.63) is 23.8 Å². The first-order chi connectivity index (χ1) is 13.3. The first-order valence-electron chi connectivity index (χ1n) is 9.64. The quantitative estimate of drug-likeness (QED) is 0.745. The standard InChI is InChI=1S/C20H29N3O5/c1-4-28-17-9-8-15(18(24)23-10-6-5-7-11-23)12-16(17)21-20(27)22(3)13-14(2)19(25)26/h8-9,12,14H,4-7,10-11,13H2,1-3H3,(H,21,27)(H,25,26). The number of rotatable bonds is 7. The Labute approximate surface area is 165 Å². The molecule has 0 aromatic heterocycles. The summed E-state index contributed by atoms with van der Waals surface area (Å²) in [7, 11) is 1.53. The molecule has 8 nitrogen and oxygen atoms in total. The van der Waals surface area contributed by atoms with Crippen LogP contribution in [-0.4, -0.2) is 66.1 Å². The van der Waals surface area contributed by atoms with Crippen LogP contribution in [0.1, 0.15) is 43.5 Å². The number of nitrogens with one attached hydrogen (secondary N) is 1. The number of hydrogen-bond donors (Lipinski definition) is 2. The molecule has 8 heteroatoms. The maximum absolute atomic E-state index is 12.8. The fourth-order valence-electron chi connectivity index (χ4n) is 3.10. The van der Waals surface area contributed by atoms with Crippen LogP contribution in [0.4, 0.5) is 10.5 Å². The summed E-state index contributed by atoms with van der Waals surface area (Å²) in [5.41, 5.74) is 0.881. The van der Waals surface area contributed by atoms with Crippen LogP contribution in [0, 0.1) is 5.92 Å². The van der Waals surface area contributed by atoms with Crippen molar-refractivity contribution in [3.8, 4) is 5.75 Å². The van der Waals surface area contributed by atoms with Crippen LogP contribution in [0.2, 0.25) is 0 Å². The zero-order valence-corrected chi connectivity index (χ0v) is 16.7. The van der Waals surface area contributed by atoms with Gasteiger partial charge in [0, 0.05) is 32.2 Å². The highest BCUT2D eigenvalue weighted by Crippen LogP contribution is 2.27. The lowest BCUT2D eigenvalue weighted by Crippen LogP contribution is -2.37. The minimum absolute atomic E-state index is 0.0638. The van der Waals surface area contributed by atoms with Gasteiger partial charge in [0.15, 0.2) is 0 Å². The number of urea groups is 1. The number of benzene rings is 1. The van der Waals surface area contributed by atoms with Gasteiger partial charge in [-0.3, -0.25) is 9.59 Å². The molecular weight excluding hydrogens is 362 g/mol. The molecule has 1 aliphatic rings. The second kappa shape index (κ2) is 9.96. The highest BCUT2D eigenvalue weighted by atomic mass is 16.5. The van der Waals surface area contributed by atoms with Gasteiger partial charge in [0.1, 0.15) is 5.75 Å². The number of likely N-dealkylation sites (tertiary alicyclic amines) is 1. The lowest BCUT2D eigenvalue weighted by atomic mass is 10.1. The molecule has 1 atom stereocenters. The number of aliphatic carboxylic acids is 1. The minimum atomic E-state index is -0.969. The molecule has 0 aliphatic carbocycles. The van der Waals surface area contributed by atoms with Crippen LogP contribution < -0.4 is 10.1 Å². The van der Waals surface area contributed by atoms with E-state index in [1.807, 2.05) is 11.8 Å². The highest BCUT2D eigenvalue weighted by molar-refractivity contribution is 5.98. The van der Waals surface area contributed by atoms with Crippen molar-refractivity contribution in [3.63, 3.8) is 0 Å². The molecule has 1 aromatic rings. The van der Waals surface area contributed by atoms with Crippen molar-refractivity contribution in [2.75, 3.05) is 38.6 Å². The molecule has 0 radical (unpaired) electrons. The van der Waals surface area contributed by atoms with Gasteiger partial charge in [0.25, 0.3) is 5.91 Å². The lowest BCUT2D eigenvalue weighted by Gasteiger charge is -2.27. The maximum atomic E-state index is 12.8. The van der Waals surface area contributed by atoms with Crippen LogP contribution in [0.3, 0.4) is 0 Å². The van der Waals surface area contributed by atoms with Gasteiger partial charge in [-0.15, -0.1) is 0 Å². The van der Waals surface area contributed by atoms with E-state index in [4.69, 9.17) is 9.84 Å². The number of carboxylic acid groups (broad SMARTS) is 1. The molecule has 0 bridgehead atoms. The Kier molecular flexibility index (Phi) is 7.66. The molecule has 3 amide bonds. The summed E-state index contributed by atoms with van der Waals surface area (Å²) in [6, 6.07) is 4.54. The van der Waals surface area contributed by atoms with Crippen LogP contribution in [0.25, 0.3) is 0 Å². The molecular formula is C20H29N3O5. The third-order valence-corrected chi connectivity index (χ3v) is 4.73. The van der Waals surface area contributed by atoms with Crippen molar-refractivity contribution >= 4 is 23.6 Å². The van der Waals surface area contributed by atoms with Gasteiger partial charge in [-0.05, 0) is 44.4 Å². The minimum Gasteiger partial charge on any atom is -0.492 e. The Morgan fingerprint density at radius 2 is 1.93 bits per heavy atom. The van der Waals surface area contributed by atoms with Gasteiger partial charge in [0.2, 0.25) is 0 Å². The van der Waals surface area contributed by atoms with Gasteiger partial charge in [-0.25, -0.2) is 4.79 Å². The molecule has 0 saturated carbocycles. The normalized spacial score (nSPS) is 14.9. The molecule has 154 valence electrons. The van der Waals surface area contributed by atoms with Crippen molar-refractivity contribution in [2.45, 2.75) is 33.1 Å². The molecule has 0 spiro atoms. The van der Waals surface area contributed by atoms with Crippen LogP contribution >= 0.6 is 0 Å². The predicted molar refractivity (Wildman–Crippen MR) is 106 cm³/mol. The summed E-state index contributed by atoms with van der Waals surface area (Å²) >= 11 is 0. The Morgan fingerprint density at radius 3 is 2.54 bits per heavy atom. The van der Waals surface area contributed by atoms with E-state index in [0.717, 1.165) is 32.4 Å². The lowest BCUT2D eigenvalue weighted by molar-refractivity contribution is -0.141. The average Bonchev–Trinajstić information content (AvgIpc) is 2.69. The number of carbonyl (C=O) groups is 3. The van der Waals surface area contributed by atoms with E-state index in [2.05, 4.69) is 5.32 Å². The maximum Gasteiger partial charge on any atom is 0.321 e. The number of amides is 3. The number of piperidine rings is 1. The Morgan fingerprint density at radius 1 is 1.25 bits per heavy atom. The highest BCUT2D eigenvalue weighted by Gasteiger charge is 2.22. The van der Waals surface area contributed by atoms with E-state index in [9.17, 15) is 14.4 Å². The molecule has 1 aliphatic heterocycles. The second-order valence-corrected chi connectivity index (χ2v) is 7.05. The van der Waals surface area contributed by atoms with Gasteiger partial charge < -0.3 is 25.0 Å². The summed E-state index contributed by atoms with van der Waals surface area (Å²) < 4.78 is 5.56. The van der Waals surface area contributed by atoms with E-state index in [1.54, 1.807) is 18.2 Å². The van der Waals surface area contributed by atoms with Crippen molar-refractivity contribution in [1.29, 1.82) is 0 Å². The first-order valence-corrected chi connectivity index (χ1v) is 9.64. The third kappa shape index (κ3) is 5.61. The van der Waals surface area contributed by atoms with Crippen molar-refractivity contribution in [2.24, 2.45) is 5.92 Å². The number of ether oxygens (including phenoxy) is 1. The van der Waals surface area contributed by atoms with Crippen LogP contribution in [0.15, 0.2) is 18.2 Å². The van der Waals surface area contributed by atoms with Gasteiger partial charge >= 0.3 is 12.0 Å². The van der Waals surface area contributed by atoms with E-state index < -0.39 is 17.9 Å². The Hall–Kier alpha value is -2.77. The van der Waals surface area contributed by atoms with Crippen molar-refractivity contribution in [1.82, 2.24) is 9.80 Å². The molecule has 1 heterocycles. The number of anilines is 1. The van der Waals surface area contributed by atoms with Gasteiger partial charge in [-0.2, -0.15) is 0 Å². The first kappa shape index (κ1) is 21.5. The molecule has 1 aromatic carbocycles. The van der Waals surface area contributed by atoms with Gasteiger partial charge in [-0.1, -0.05) is 6.92 Å². The summed E-state index contributed by atoms with van der Waals surface area (Å²) in [4.78, 5) is 39.4. The van der Waals surface area contributed by atoms with E-state index >= 15 is 0 Å². The Balaban J connectivity index is 2.16. The zero-order valence-electron chi connectivity index (χ0n) is 16.7. The fraction of sp³-hybridized carbons (Fsp3) is 0.550. The molecule has 1 fully saturated rings. The number of carboxylic acids is 1. The number of hydrogen-bond acceptors (Lipinski definition) is 4. The number of nitrogens with zero attached hydrogens (tertiary/aromatic N) is 2. The van der Waals surface area contributed by atoms with Crippen LogP contribution in [0.5, 0.6) is 5.75 Å². The Bertz CT molecular complexity index is 716. The molecule has 28 heavy (non-hydrogen) atoms. The predicted octanol–water partition coefficient (Wildman–Crippen LogP) is 2.90.